The van der Waals surface area contributed by atoms with Gasteiger partial charge in [0.2, 0.25) is 0 Å². The molecule has 4 nitrogen and oxygen atoms in total. The van der Waals surface area contributed by atoms with Crippen LogP contribution in [-0.4, -0.2) is 30.4 Å². The van der Waals surface area contributed by atoms with E-state index in [1.807, 2.05) is 12.1 Å². The number of halogens is 1. The zero-order chi connectivity index (χ0) is 17.1. The minimum absolute atomic E-state index is 0. The van der Waals surface area contributed by atoms with E-state index in [1.54, 1.807) is 0 Å². The Balaban J connectivity index is 0.00000196. The minimum Gasteiger partial charge on any atom is -0.491 e. The molecule has 2 aromatic rings. The van der Waals surface area contributed by atoms with E-state index >= 15 is 0 Å². The lowest BCUT2D eigenvalue weighted by Crippen LogP contribution is -2.38. The number of benzene rings is 1. The lowest BCUT2D eigenvalue weighted by Gasteiger charge is -2.24. The second-order valence-corrected chi connectivity index (χ2v) is 7.58. The average Bonchev–Trinajstić information content (AvgIpc) is 3.03. The van der Waals surface area contributed by atoms with Gasteiger partial charge in [-0.25, -0.2) is 0 Å². The molecule has 0 amide bonds. The Labute approximate surface area is 161 Å². The highest BCUT2D eigenvalue weighted by atomic mass is 35.5. The van der Waals surface area contributed by atoms with Crippen LogP contribution >= 0.6 is 12.4 Å². The van der Waals surface area contributed by atoms with E-state index in [9.17, 15) is 5.11 Å². The Morgan fingerprint density at radius 3 is 2.77 bits per heavy atom. The minimum atomic E-state index is -0.476. The Hall–Kier alpha value is -1.23. The highest BCUT2D eigenvalue weighted by molar-refractivity contribution is 5.85. The molecule has 144 valence electrons. The molecule has 26 heavy (non-hydrogen) atoms. The van der Waals surface area contributed by atoms with E-state index < -0.39 is 6.10 Å². The van der Waals surface area contributed by atoms with Gasteiger partial charge in [-0.1, -0.05) is 19.3 Å². The second-order valence-electron chi connectivity index (χ2n) is 7.58. The highest BCUT2D eigenvalue weighted by Crippen LogP contribution is 2.33. The van der Waals surface area contributed by atoms with Crippen molar-refractivity contribution in [3.05, 3.63) is 29.5 Å². The van der Waals surface area contributed by atoms with Crippen molar-refractivity contribution in [2.24, 2.45) is 0 Å². The van der Waals surface area contributed by atoms with Gasteiger partial charge in [0.1, 0.15) is 29.8 Å². The van der Waals surface area contributed by atoms with Crippen LogP contribution in [0.4, 0.5) is 0 Å². The summed E-state index contributed by atoms with van der Waals surface area (Å²) in [5, 5.41) is 14.9. The summed E-state index contributed by atoms with van der Waals surface area (Å²) >= 11 is 0. The van der Waals surface area contributed by atoms with Crippen LogP contribution in [0, 0.1) is 0 Å². The molecule has 0 aliphatic heterocycles. The summed E-state index contributed by atoms with van der Waals surface area (Å²) in [6.07, 6.45) is 10.5. The standard InChI is InChI=1S/C21H29NO3.ClH/c23-16(13-22-15-6-2-1-3-7-15)14-24-17-10-11-21-19(12-17)18-8-4-5-9-20(18)25-21;/h10-12,15-16,22-23H,1-9,13-14H2;1H. The predicted molar refractivity (Wildman–Crippen MR) is 106 cm³/mol. The molecule has 1 fully saturated rings. The quantitative estimate of drug-likeness (QED) is 0.781. The Morgan fingerprint density at radius 2 is 1.92 bits per heavy atom. The normalized spacial score (nSPS) is 19.0. The fourth-order valence-corrected chi connectivity index (χ4v) is 4.19. The Kier molecular flexibility index (Phi) is 6.85. The Bertz CT molecular complexity index is 709. The maximum absolute atomic E-state index is 10.2. The molecule has 1 aromatic heterocycles. The second kappa shape index (κ2) is 9.12. The number of furan rings is 1. The monoisotopic (exact) mass is 379 g/mol. The van der Waals surface area contributed by atoms with Gasteiger partial charge in [-0.2, -0.15) is 0 Å². The van der Waals surface area contributed by atoms with Crippen LogP contribution in [0.15, 0.2) is 22.6 Å². The lowest BCUT2D eigenvalue weighted by atomic mass is 9.95. The fourth-order valence-electron chi connectivity index (χ4n) is 4.19. The molecule has 1 aromatic carbocycles. The van der Waals surface area contributed by atoms with Gasteiger partial charge in [0.15, 0.2) is 0 Å². The van der Waals surface area contributed by atoms with E-state index in [0.29, 0.717) is 19.2 Å². The summed E-state index contributed by atoms with van der Waals surface area (Å²) in [7, 11) is 0. The van der Waals surface area contributed by atoms with Gasteiger partial charge in [0.05, 0.1) is 0 Å². The molecule has 5 heteroatoms. The molecule has 4 rings (SSSR count). The summed E-state index contributed by atoms with van der Waals surface area (Å²) in [5.41, 5.74) is 2.31. The largest absolute Gasteiger partial charge is 0.491 e. The van der Waals surface area contributed by atoms with Gasteiger partial charge in [-0.15, -0.1) is 12.4 Å². The molecule has 0 radical (unpaired) electrons. The molecule has 0 spiro atoms. The number of aliphatic hydroxyl groups is 1. The number of fused-ring (bicyclic) bond motifs is 3. The summed E-state index contributed by atoms with van der Waals surface area (Å²) in [6, 6.07) is 6.58. The average molecular weight is 380 g/mol. The lowest BCUT2D eigenvalue weighted by molar-refractivity contribution is 0.102. The van der Waals surface area contributed by atoms with Crippen LogP contribution in [0.3, 0.4) is 0 Å². The topological polar surface area (TPSA) is 54.6 Å². The van der Waals surface area contributed by atoms with Gasteiger partial charge < -0.3 is 19.6 Å². The first-order valence-corrected chi connectivity index (χ1v) is 9.88. The third-order valence-electron chi connectivity index (χ3n) is 5.62. The molecule has 1 heterocycles. The molecular formula is C21H30ClNO3. The van der Waals surface area contributed by atoms with Crippen LogP contribution in [0.2, 0.25) is 0 Å². The first-order valence-electron chi connectivity index (χ1n) is 9.88. The van der Waals surface area contributed by atoms with Gasteiger partial charge in [0, 0.05) is 30.0 Å². The van der Waals surface area contributed by atoms with Crippen molar-refractivity contribution in [2.45, 2.75) is 69.9 Å². The third-order valence-corrected chi connectivity index (χ3v) is 5.62. The number of aliphatic hydroxyl groups excluding tert-OH is 1. The maximum Gasteiger partial charge on any atom is 0.134 e. The zero-order valence-electron chi connectivity index (χ0n) is 15.3. The number of nitrogens with one attached hydrogen (secondary N) is 1. The van der Waals surface area contributed by atoms with Crippen LogP contribution < -0.4 is 10.1 Å². The van der Waals surface area contributed by atoms with Crippen molar-refractivity contribution in [1.82, 2.24) is 5.32 Å². The van der Waals surface area contributed by atoms with Crippen molar-refractivity contribution in [3.63, 3.8) is 0 Å². The van der Waals surface area contributed by atoms with Crippen LogP contribution in [0.25, 0.3) is 11.0 Å². The summed E-state index contributed by atoms with van der Waals surface area (Å²) in [4.78, 5) is 0. The van der Waals surface area contributed by atoms with Crippen molar-refractivity contribution in [3.8, 4) is 5.75 Å². The molecular weight excluding hydrogens is 350 g/mol. The molecule has 1 unspecified atom stereocenters. The molecule has 1 saturated carbocycles. The molecule has 0 bridgehead atoms. The number of rotatable bonds is 6. The van der Waals surface area contributed by atoms with E-state index in [1.165, 1.54) is 55.9 Å². The zero-order valence-corrected chi connectivity index (χ0v) is 16.2. The number of aryl methyl sites for hydroxylation is 2. The first kappa shape index (κ1) is 19.5. The maximum atomic E-state index is 10.2. The summed E-state index contributed by atoms with van der Waals surface area (Å²) in [5.74, 6) is 1.97. The predicted octanol–water partition coefficient (Wildman–Crippen LogP) is 4.40. The highest BCUT2D eigenvalue weighted by Gasteiger charge is 2.18. The van der Waals surface area contributed by atoms with Gasteiger partial charge in [-0.3, -0.25) is 0 Å². The van der Waals surface area contributed by atoms with Crippen LogP contribution in [0.5, 0.6) is 5.75 Å². The SMILES string of the molecule is Cl.OC(CNC1CCCCC1)COc1ccc2oc3c(c2c1)CCCC3. The molecule has 2 aliphatic rings. The van der Waals surface area contributed by atoms with Gasteiger partial charge in [0.25, 0.3) is 0 Å². The van der Waals surface area contributed by atoms with E-state index in [4.69, 9.17) is 9.15 Å². The van der Waals surface area contributed by atoms with Crippen molar-refractivity contribution >= 4 is 23.4 Å². The number of hydrogen-bond donors (Lipinski definition) is 2. The summed E-state index contributed by atoms with van der Waals surface area (Å²) in [6.45, 7) is 0.930. The van der Waals surface area contributed by atoms with Gasteiger partial charge >= 0.3 is 0 Å². The number of ether oxygens (including phenoxy) is 1. The van der Waals surface area contributed by atoms with E-state index in [-0.39, 0.29) is 12.4 Å². The molecule has 2 aliphatic carbocycles. The molecule has 0 saturated heterocycles. The van der Waals surface area contributed by atoms with E-state index in [2.05, 4.69) is 11.4 Å². The summed E-state index contributed by atoms with van der Waals surface area (Å²) < 4.78 is 11.8. The number of hydrogen-bond acceptors (Lipinski definition) is 4. The van der Waals surface area contributed by atoms with Crippen molar-refractivity contribution in [1.29, 1.82) is 0 Å². The van der Waals surface area contributed by atoms with Crippen molar-refractivity contribution in [2.75, 3.05) is 13.2 Å². The molecule has 2 N–H and O–H groups in total. The smallest absolute Gasteiger partial charge is 0.134 e. The Morgan fingerprint density at radius 1 is 1.12 bits per heavy atom. The van der Waals surface area contributed by atoms with Crippen LogP contribution in [-0.2, 0) is 12.8 Å². The van der Waals surface area contributed by atoms with Gasteiger partial charge in [-0.05, 0) is 50.3 Å². The third kappa shape index (κ3) is 4.54. The van der Waals surface area contributed by atoms with E-state index in [0.717, 1.165) is 29.9 Å². The molecule has 1 atom stereocenters. The fraction of sp³-hybridized carbons (Fsp3) is 0.619. The van der Waals surface area contributed by atoms with Crippen LogP contribution in [0.1, 0.15) is 56.3 Å². The first-order chi connectivity index (χ1) is 12.3. The van der Waals surface area contributed by atoms with Crippen molar-refractivity contribution < 1.29 is 14.3 Å².